The maximum atomic E-state index is 14.7. The summed E-state index contributed by atoms with van der Waals surface area (Å²) in [6.45, 7) is 5.02. The van der Waals surface area contributed by atoms with Gasteiger partial charge in [-0.25, -0.2) is 9.37 Å². The molecule has 0 spiro atoms. The van der Waals surface area contributed by atoms with Gasteiger partial charge < -0.3 is 19.4 Å². The van der Waals surface area contributed by atoms with Gasteiger partial charge in [0.1, 0.15) is 41.7 Å². The number of likely N-dealkylation sites (tertiary alicyclic amines) is 1. The number of pyridine rings is 3. The quantitative estimate of drug-likeness (QED) is 0.191. The molecule has 0 bridgehead atoms. The predicted octanol–water partition coefficient (Wildman–Crippen LogP) is 5.78. The molecule has 1 saturated heterocycles. The average molecular weight is 607 g/mol. The maximum absolute atomic E-state index is 14.7. The molecule has 0 amide bonds. The van der Waals surface area contributed by atoms with Crippen LogP contribution in [0.4, 0.5) is 4.39 Å². The van der Waals surface area contributed by atoms with Gasteiger partial charge in [0.05, 0.1) is 34.8 Å². The first-order chi connectivity index (χ1) is 22.0. The van der Waals surface area contributed by atoms with Crippen LogP contribution in [-0.2, 0) is 0 Å². The molecule has 1 aliphatic rings. The number of fused-ring (bicyclic) bond motifs is 2. The minimum atomic E-state index is -0.370. The summed E-state index contributed by atoms with van der Waals surface area (Å²) >= 11 is 0. The monoisotopic (exact) mass is 606 g/mol. The fourth-order valence-electron chi connectivity index (χ4n) is 5.74. The number of rotatable bonds is 11. The molecular weight excluding hydrogens is 571 g/mol. The van der Waals surface area contributed by atoms with Crippen LogP contribution in [0, 0.1) is 5.82 Å². The Morgan fingerprint density at radius 2 is 1.69 bits per heavy atom. The Kier molecular flexibility index (Phi) is 8.10. The molecule has 0 aliphatic carbocycles. The minimum Gasteiger partial charge on any atom is -0.492 e. The Bertz CT molecular complexity index is 1950. The first-order valence-electron chi connectivity index (χ1n) is 15.2. The smallest absolute Gasteiger partial charge is 0.138 e. The lowest BCUT2D eigenvalue weighted by Gasteiger charge is -2.15. The van der Waals surface area contributed by atoms with Crippen LogP contribution in [0.15, 0.2) is 67.3 Å². The van der Waals surface area contributed by atoms with Gasteiger partial charge in [0, 0.05) is 48.1 Å². The van der Waals surface area contributed by atoms with Crippen LogP contribution in [0.3, 0.4) is 0 Å². The van der Waals surface area contributed by atoms with E-state index < -0.39 is 0 Å². The van der Waals surface area contributed by atoms with Crippen molar-refractivity contribution in [3.8, 4) is 45.3 Å². The molecule has 6 aromatic rings. The molecule has 230 valence electrons. The van der Waals surface area contributed by atoms with E-state index in [-0.39, 0.29) is 5.82 Å². The summed E-state index contributed by atoms with van der Waals surface area (Å²) in [6, 6.07) is 12.6. The fourth-order valence-corrected chi connectivity index (χ4v) is 5.74. The molecule has 5 aromatic heterocycles. The number of halogens is 1. The molecule has 6 heterocycles. The van der Waals surface area contributed by atoms with Gasteiger partial charge in [-0.2, -0.15) is 5.10 Å². The Morgan fingerprint density at radius 3 is 2.56 bits per heavy atom. The first kappa shape index (κ1) is 28.9. The van der Waals surface area contributed by atoms with E-state index in [4.69, 9.17) is 14.5 Å². The Hall–Kier alpha value is -4.87. The van der Waals surface area contributed by atoms with Crippen LogP contribution >= 0.6 is 0 Å². The summed E-state index contributed by atoms with van der Waals surface area (Å²) in [6.07, 6.45) is 9.55. The number of hydrogen-bond acceptors (Lipinski definition) is 8. The van der Waals surface area contributed by atoms with Gasteiger partial charge in [-0.3, -0.25) is 20.0 Å². The van der Waals surface area contributed by atoms with Crippen molar-refractivity contribution in [3.05, 3.63) is 73.1 Å². The lowest BCUT2D eigenvalue weighted by atomic mass is 10.0. The van der Waals surface area contributed by atoms with Crippen LogP contribution in [-0.4, -0.2) is 93.4 Å². The van der Waals surface area contributed by atoms with Crippen LogP contribution in [0.2, 0.25) is 0 Å². The number of hydrogen-bond donors (Lipinski definition) is 2. The molecule has 10 nitrogen and oxygen atoms in total. The number of benzene rings is 1. The molecule has 0 unspecified atom stereocenters. The summed E-state index contributed by atoms with van der Waals surface area (Å²) in [5.41, 5.74) is 6.87. The van der Waals surface area contributed by atoms with Crippen LogP contribution in [0.25, 0.3) is 55.7 Å². The molecule has 1 fully saturated rings. The topological polar surface area (TPSA) is 108 Å². The number of H-pyrrole nitrogens is 2. The first-order valence-corrected chi connectivity index (χ1v) is 15.2. The second-order valence-electron chi connectivity index (χ2n) is 11.6. The molecule has 2 N–H and O–H groups in total. The molecule has 1 aliphatic heterocycles. The summed E-state index contributed by atoms with van der Waals surface area (Å²) in [5, 5.41) is 8.59. The highest BCUT2D eigenvalue weighted by atomic mass is 19.1. The number of aromatic amines is 2. The lowest BCUT2D eigenvalue weighted by Crippen LogP contribution is -2.25. The SMILES string of the molecule is CN(C)CCOc1cc(F)cc(-c2cncc3[nH]c(-c4n[nH]c5ccc(-c6cncc(OCCN7CCCC7)c6)nc45)cc23)c1. The van der Waals surface area contributed by atoms with Crippen molar-refractivity contribution >= 4 is 21.9 Å². The largest absolute Gasteiger partial charge is 0.492 e. The number of ether oxygens (including phenoxy) is 2. The number of likely N-dealkylation sites (N-methyl/N-ethyl adjacent to an activating group) is 1. The van der Waals surface area contributed by atoms with Crippen molar-refractivity contribution in [3.63, 3.8) is 0 Å². The zero-order valence-electron chi connectivity index (χ0n) is 25.4. The second-order valence-corrected chi connectivity index (χ2v) is 11.6. The van der Waals surface area contributed by atoms with Gasteiger partial charge >= 0.3 is 0 Å². The average Bonchev–Trinajstić information content (AvgIpc) is 3.80. The predicted molar refractivity (Wildman–Crippen MR) is 173 cm³/mol. The van der Waals surface area contributed by atoms with Crippen LogP contribution < -0.4 is 9.47 Å². The summed E-state index contributed by atoms with van der Waals surface area (Å²) in [7, 11) is 3.94. The number of aromatic nitrogens is 6. The third kappa shape index (κ3) is 6.36. The van der Waals surface area contributed by atoms with Gasteiger partial charge in [0.15, 0.2) is 0 Å². The normalized spacial score (nSPS) is 13.8. The van der Waals surface area contributed by atoms with Crippen molar-refractivity contribution in [2.24, 2.45) is 0 Å². The van der Waals surface area contributed by atoms with E-state index in [1.54, 1.807) is 24.8 Å². The Labute approximate surface area is 260 Å². The fraction of sp³-hybridized carbons (Fsp3) is 0.294. The van der Waals surface area contributed by atoms with Crippen molar-refractivity contribution in [2.45, 2.75) is 12.8 Å². The third-order valence-corrected chi connectivity index (χ3v) is 8.08. The highest BCUT2D eigenvalue weighted by Gasteiger charge is 2.17. The lowest BCUT2D eigenvalue weighted by molar-refractivity contribution is 0.237. The van der Waals surface area contributed by atoms with E-state index in [0.717, 1.165) is 76.4 Å². The zero-order valence-corrected chi connectivity index (χ0v) is 25.4. The molecular formula is C34H35FN8O2. The van der Waals surface area contributed by atoms with E-state index in [0.29, 0.717) is 30.2 Å². The molecule has 7 rings (SSSR count). The summed E-state index contributed by atoms with van der Waals surface area (Å²) in [5.74, 6) is 0.830. The molecule has 0 atom stereocenters. The molecule has 1 aromatic carbocycles. The second kappa shape index (κ2) is 12.6. The molecule has 45 heavy (non-hydrogen) atoms. The highest BCUT2D eigenvalue weighted by molar-refractivity contribution is 6.00. The molecule has 0 radical (unpaired) electrons. The van der Waals surface area contributed by atoms with Crippen LogP contribution in [0.5, 0.6) is 11.5 Å². The molecule has 11 heteroatoms. The van der Waals surface area contributed by atoms with Crippen LogP contribution in [0.1, 0.15) is 12.8 Å². The highest BCUT2D eigenvalue weighted by Crippen LogP contribution is 2.35. The maximum Gasteiger partial charge on any atom is 0.138 e. The molecule has 0 saturated carbocycles. The van der Waals surface area contributed by atoms with Crippen molar-refractivity contribution in [2.75, 3.05) is 53.5 Å². The summed E-state index contributed by atoms with van der Waals surface area (Å²) in [4.78, 5) is 21.7. The Balaban J connectivity index is 1.17. The van der Waals surface area contributed by atoms with Gasteiger partial charge in [-0.05, 0) is 82.0 Å². The minimum absolute atomic E-state index is 0.370. The van der Waals surface area contributed by atoms with E-state index in [1.807, 2.05) is 49.3 Å². The number of nitrogens with zero attached hydrogens (tertiary/aromatic N) is 6. The standard InChI is InChI=1S/C34H35FN8O2/c1-42(2)9-11-44-25-14-22(13-24(35)16-25)28-20-37-21-32-27(28)17-31(38-32)34-33-30(40-41-34)6-5-29(39-33)23-15-26(19-36-18-23)45-12-10-43-7-3-4-8-43/h5-6,13-21,38H,3-4,7-12H2,1-2H3,(H,40,41). The van der Waals surface area contributed by atoms with E-state index >= 15 is 0 Å². The summed E-state index contributed by atoms with van der Waals surface area (Å²) < 4.78 is 26.5. The van der Waals surface area contributed by atoms with Crippen molar-refractivity contribution in [1.82, 2.24) is 39.9 Å². The Morgan fingerprint density at radius 1 is 0.867 bits per heavy atom. The van der Waals surface area contributed by atoms with Gasteiger partial charge in [-0.1, -0.05) is 0 Å². The van der Waals surface area contributed by atoms with E-state index in [9.17, 15) is 4.39 Å². The van der Waals surface area contributed by atoms with Crippen molar-refractivity contribution in [1.29, 1.82) is 0 Å². The number of nitrogens with one attached hydrogen (secondary N) is 2. The zero-order chi connectivity index (χ0) is 30.8. The van der Waals surface area contributed by atoms with E-state index in [1.165, 1.54) is 25.0 Å². The van der Waals surface area contributed by atoms with Crippen molar-refractivity contribution < 1.29 is 13.9 Å². The van der Waals surface area contributed by atoms with Gasteiger partial charge in [0.25, 0.3) is 0 Å². The van der Waals surface area contributed by atoms with E-state index in [2.05, 4.69) is 30.0 Å². The third-order valence-electron chi connectivity index (χ3n) is 8.08. The van der Waals surface area contributed by atoms with Gasteiger partial charge in [-0.15, -0.1) is 0 Å². The van der Waals surface area contributed by atoms with Gasteiger partial charge in [0.2, 0.25) is 0 Å².